The smallest absolute Gasteiger partial charge is 0.335 e. The lowest BCUT2D eigenvalue weighted by Gasteiger charge is -2.22. The number of carbonyl (C=O) groups excluding carboxylic acids is 1. The van der Waals surface area contributed by atoms with Gasteiger partial charge in [-0.15, -0.1) is 0 Å². The SMILES string of the molecule is CC(C)c1cc(C(C)C)c(C(=O)c2cccc(C(=O)O)c2)c(C(C)C)c1. The maximum Gasteiger partial charge on any atom is 0.335 e. The van der Waals surface area contributed by atoms with E-state index >= 15 is 0 Å². The minimum absolute atomic E-state index is 0.101. The molecular weight excluding hydrogens is 324 g/mol. The largest absolute Gasteiger partial charge is 0.478 e. The molecule has 0 amide bonds. The highest BCUT2D eigenvalue weighted by molar-refractivity contribution is 6.12. The van der Waals surface area contributed by atoms with Crippen molar-refractivity contribution in [3.05, 3.63) is 69.8 Å². The molecule has 2 aromatic carbocycles. The molecule has 0 atom stereocenters. The van der Waals surface area contributed by atoms with Gasteiger partial charge in [-0.05, 0) is 46.6 Å². The van der Waals surface area contributed by atoms with Gasteiger partial charge in [-0.3, -0.25) is 4.79 Å². The van der Waals surface area contributed by atoms with Gasteiger partial charge >= 0.3 is 5.97 Å². The van der Waals surface area contributed by atoms with Gasteiger partial charge in [0.2, 0.25) is 0 Å². The molecule has 2 rings (SSSR count). The molecule has 0 saturated heterocycles. The molecule has 0 spiro atoms. The second-order valence-electron chi connectivity index (χ2n) is 7.75. The molecule has 0 aliphatic carbocycles. The summed E-state index contributed by atoms with van der Waals surface area (Å²) in [5.74, 6) is -0.344. The molecule has 0 heterocycles. The summed E-state index contributed by atoms with van der Waals surface area (Å²) in [4.78, 5) is 24.6. The molecular formula is C23H28O3. The Morgan fingerprint density at radius 3 is 1.69 bits per heavy atom. The predicted molar refractivity (Wildman–Crippen MR) is 106 cm³/mol. The summed E-state index contributed by atoms with van der Waals surface area (Å²) in [6.45, 7) is 12.7. The molecule has 0 saturated carbocycles. The van der Waals surface area contributed by atoms with Crippen molar-refractivity contribution >= 4 is 11.8 Å². The Bertz CT molecular complexity index is 800. The van der Waals surface area contributed by atoms with Gasteiger partial charge < -0.3 is 5.11 Å². The lowest BCUT2D eigenvalue weighted by Crippen LogP contribution is -2.13. The van der Waals surface area contributed by atoms with Crippen LogP contribution in [0.4, 0.5) is 0 Å². The predicted octanol–water partition coefficient (Wildman–Crippen LogP) is 5.99. The number of carbonyl (C=O) groups is 2. The Balaban J connectivity index is 2.72. The number of carboxylic acid groups (broad SMARTS) is 1. The van der Waals surface area contributed by atoms with Crippen LogP contribution in [0.1, 0.15) is 102 Å². The summed E-state index contributed by atoms with van der Waals surface area (Å²) in [7, 11) is 0. The van der Waals surface area contributed by atoms with E-state index in [0.717, 1.165) is 16.7 Å². The fraction of sp³-hybridized carbons (Fsp3) is 0.391. The van der Waals surface area contributed by atoms with Crippen LogP contribution < -0.4 is 0 Å². The van der Waals surface area contributed by atoms with Crippen LogP contribution in [0.3, 0.4) is 0 Å². The van der Waals surface area contributed by atoms with Gasteiger partial charge in [-0.1, -0.05) is 65.8 Å². The molecule has 26 heavy (non-hydrogen) atoms. The summed E-state index contributed by atoms with van der Waals surface area (Å²) in [6.07, 6.45) is 0. The van der Waals surface area contributed by atoms with E-state index in [2.05, 4.69) is 53.7 Å². The topological polar surface area (TPSA) is 54.4 Å². The first-order valence-corrected chi connectivity index (χ1v) is 9.19. The molecule has 3 heteroatoms. The summed E-state index contributed by atoms with van der Waals surface area (Å²) in [5, 5.41) is 9.23. The Morgan fingerprint density at radius 1 is 0.769 bits per heavy atom. The maximum absolute atomic E-state index is 13.4. The van der Waals surface area contributed by atoms with E-state index in [1.165, 1.54) is 17.7 Å². The summed E-state index contributed by atoms with van der Waals surface area (Å²) >= 11 is 0. The number of hydrogen-bond acceptors (Lipinski definition) is 2. The molecule has 0 radical (unpaired) electrons. The minimum atomic E-state index is -1.03. The Hall–Kier alpha value is -2.42. The second-order valence-corrected chi connectivity index (χ2v) is 7.75. The molecule has 138 valence electrons. The summed E-state index contributed by atoms with van der Waals surface area (Å²) in [5.41, 5.74) is 4.57. The van der Waals surface area contributed by atoms with Gasteiger partial charge in [-0.2, -0.15) is 0 Å². The van der Waals surface area contributed by atoms with Gasteiger partial charge in [0.05, 0.1) is 5.56 Å². The van der Waals surface area contributed by atoms with Crippen molar-refractivity contribution < 1.29 is 14.7 Å². The van der Waals surface area contributed by atoms with Crippen LogP contribution >= 0.6 is 0 Å². The first-order chi connectivity index (χ1) is 12.1. The van der Waals surface area contributed by atoms with Crippen LogP contribution in [-0.4, -0.2) is 16.9 Å². The highest BCUT2D eigenvalue weighted by Crippen LogP contribution is 2.33. The van der Waals surface area contributed by atoms with Crippen molar-refractivity contribution in [2.45, 2.75) is 59.3 Å². The number of aromatic carboxylic acids is 1. The van der Waals surface area contributed by atoms with E-state index < -0.39 is 5.97 Å². The third-order valence-corrected chi connectivity index (χ3v) is 4.73. The third-order valence-electron chi connectivity index (χ3n) is 4.73. The van der Waals surface area contributed by atoms with Crippen LogP contribution in [0.5, 0.6) is 0 Å². The zero-order valence-corrected chi connectivity index (χ0v) is 16.5. The van der Waals surface area contributed by atoms with E-state index in [0.29, 0.717) is 11.5 Å². The van der Waals surface area contributed by atoms with Crippen LogP contribution in [0.2, 0.25) is 0 Å². The number of benzene rings is 2. The molecule has 0 aromatic heterocycles. The normalized spacial score (nSPS) is 11.4. The Kier molecular flexibility index (Phi) is 6.01. The quantitative estimate of drug-likeness (QED) is 0.650. The van der Waals surface area contributed by atoms with E-state index in [1.54, 1.807) is 12.1 Å². The van der Waals surface area contributed by atoms with Crippen molar-refractivity contribution in [1.29, 1.82) is 0 Å². The van der Waals surface area contributed by atoms with Crippen LogP contribution in [-0.2, 0) is 0 Å². The van der Waals surface area contributed by atoms with Gasteiger partial charge in [-0.25, -0.2) is 4.79 Å². The van der Waals surface area contributed by atoms with Crippen molar-refractivity contribution in [2.24, 2.45) is 0 Å². The molecule has 1 N–H and O–H groups in total. The van der Waals surface area contributed by atoms with Gasteiger partial charge in [0.15, 0.2) is 5.78 Å². The molecule has 0 bridgehead atoms. The van der Waals surface area contributed by atoms with Crippen molar-refractivity contribution in [3.63, 3.8) is 0 Å². The summed E-state index contributed by atoms with van der Waals surface area (Å²) in [6, 6.07) is 10.6. The lowest BCUT2D eigenvalue weighted by atomic mass is 9.81. The zero-order chi connectivity index (χ0) is 19.6. The molecule has 2 aromatic rings. The van der Waals surface area contributed by atoms with Gasteiger partial charge in [0.25, 0.3) is 0 Å². The standard InChI is InChI=1S/C23H28O3/c1-13(2)18-11-19(14(3)4)21(20(12-18)15(5)6)22(24)16-8-7-9-17(10-16)23(25)26/h7-15H,1-6H3,(H,25,26). The molecule has 0 aliphatic rings. The first kappa shape index (κ1) is 19.9. The Morgan fingerprint density at radius 2 is 1.27 bits per heavy atom. The highest BCUT2D eigenvalue weighted by atomic mass is 16.4. The third kappa shape index (κ3) is 4.04. The average Bonchev–Trinajstić information content (AvgIpc) is 2.59. The fourth-order valence-electron chi connectivity index (χ4n) is 3.16. The fourth-order valence-corrected chi connectivity index (χ4v) is 3.16. The van der Waals surface area contributed by atoms with Crippen molar-refractivity contribution in [3.8, 4) is 0 Å². The van der Waals surface area contributed by atoms with Crippen LogP contribution in [0, 0.1) is 0 Å². The first-order valence-electron chi connectivity index (χ1n) is 9.19. The average molecular weight is 352 g/mol. The minimum Gasteiger partial charge on any atom is -0.478 e. The Labute approximate surface area is 156 Å². The number of carboxylic acids is 1. The van der Waals surface area contributed by atoms with E-state index in [-0.39, 0.29) is 23.2 Å². The van der Waals surface area contributed by atoms with Gasteiger partial charge in [0.1, 0.15) is 0 Å². The molecule has 0 fully saturated rings. The van der Waals surface area contributed by atoms with Crippen molar-refractivity contribution in [2.75, 3.05) is 0 Å². The lowest BCUT2D eigenvalue weighted by molar-refractivity contribution is 0.0697. The monoisotopic (exact) mass is 352 g/mol. The van der Waals surface area contributed by atoms with Crippen LogP contribution in [0.25, 0.3) is 0 Å². The van der Waals surface area contributed by atoms with E-state index in [1.807, 2.05) is 0 Å². The van der Waals surface area contributed by atoms with E-state index in [4.69, 9.17) is 0 Å². The van der Waals surface area contributed by atoms with Crippen LogP contribution in [0.15, 0.2) is 36.4 Å². The number of rotatable bonds is 6. The molecule has 0 unspecified atom stereocenters. The molecule has 3 nitrogen and oxygen atoms in total. The maximum atomic E-state index is 13.4. The molecule has 0 aliphatic heterocycles. The summed E-state index contributed by atoms with van der Waals surface area (Å²) < 4.78 is 0. The highest BCUT2D eigenvalue weighted by Gasteiger charge is 2.23. The second kappa shape index (κ2) is 7.86. The van der Waals surface area contributed by atoms with Crippen molar-refractivity contribution in [1.82, 2.24) is 0 Å². The number of hydrogen-bond donors (Lipinski definition) is 1. The number of ketones is 1. The van der Waals surface area contributed by atoms with Gasteiger partial charge in [0, 0.05) is 11.1 Å². The zero-order valence-electron chi connectivity index (χ0n) is 16.5. The van der Waals surface area contributed by atoms with E-state index in [9.17, 15) is 14.7 Å².